The highest BCUT2D eigenvalue weighted by Crippen LogP contribution is 2.36. The second-order valence-electron chi connectivity index (χ2n) is 8.03. The van der Waals surface area contributed by atoms with Gasteiger partial charge in [-0.2, -0.15) is 0 Å². The van der Waals surface area contributed by atoms with Gasteiger partial charge in [-0.25, -0.2) is 4.98 Å². The molecule has 0 fully saturated rings. The number of aliphatic carboxylic acids is 1. The largest absolute Gasteiger partial charge is 0.496 e. The molecule has 0 unspecified atom stereocenters. The summed E-state index contributed by atoms with van der Waals surface area (Å²) < 4.78 is 9.74. The Morgan fingerprint density at radius 3 is 2.50 bits per heavy atom. The van der Waals surface area contributed by atoms with E-state index in [1.165, 1.54) is 0 Å². The van der Waals surface area contributed by atoms with Gasteiger partial charge in [0.25, 0.3) is 0 Å². The zero-order chi connectivity index (χ0) is 24.4. The number of amides is 1. The van der Waals surface area contributed by atoms with Gasteiger partial charge in [-0.3, -0.25) is 9.59 Å². The zero-order valence-electron chi connectivity index (χ0n) is 19.3. The highest BCUT2D eigenvalue weighted by Gasteiger charge is 2.19. The van der Waals surface area contributed by atoms with Crippen molar-refractivity contribution in [3.05, 3.63) is 83.6 Å². The Balaban J connectivity index is 1.88. The van der Waals surface area contributed by atoms with Crippen molar-refractivity contribution in [2.45, 2.75) is 26.7 Å². The predicted octanol–water partition coefficient (Wildman–Crippen LogP) is 4.07. The molecule has 4 rings (SSSR count). The van der Waals surface area contributed by atoms with Gasteiger partial charge in [0.05, 0.1) is 24.9 Å². The first-order chi connectivity index (χ1) is 16.3. The Hall–Kier alpha value is -4.33. The highest BCUT2D eigenvalue weighted by molar-refractivity contribution is 5.93. The van der Waals surface area contributed by atoms with Crippen LogP contribution >= 0.6 is 0 Å². The van der Waals surface area contributed by atoms with E-state index in [9.17, 15) is 14.7 Å². The van der Waals surface area contributed by atoms with E-state index in [2.05, 4.69) is 4.98 Å². The summed E-state index contributed by atoms with van der Waals surface area (Å²) in [5.41, 5.74) is 11.0. The van der Waals surface area contributed by atoms with Gasteiger partial charge in [-0.15, -0.1) is 0 Å². The number of hydrogen-bond acceptors (Lipinski definition) is 4. The number of carbonyl (C=O) groups is 2. The van der Waals surface area contributed by atoms with E-state index in [0.717, 1.165) is 39.7 Å². The lowest BCUT2D eigenvalue weighted by Gasteiger charge is -2.19. The van der Waals surface area contributed by atoms with Crippen LogP contribution in [0.3, 0.4) is 0 Å². The second-order valence-corrected chi connectivity index (χ2v) is 8.03. The van der Waals surface area contributed by atoms with E-state index in [1.54, 1.807) is 25.4 Å². The topological polar surface area (TPSA) is 112 Å². The van der Waals surface area contributed by atoms with Crippen molar-refractivity contribution in [1.82, 2.24) is 14.1 Å². The summed E-state index contributed by atoms with van der Waals surface area (Å²) in [4.78, 5) is 27.2. The summed E-state index contributed by atoms with van der Waals surface area (Å²) >= 11 is 0. The van der Waals surface area contributed by atoms with Crippen LogP contribution in [0.1, 0.15) is 33.9 Å². The van der Waals surface area contributed by atoms with E-state index in [0.29, 0.717) is 17.7 Å². The van der Waals surface area contributed by atoms with Crippen molar-refractivity contribution in [2.24, 2.45) is 5.73 Å². The van der Waals surface area contributed by atoms with E-state index < -0.39 is 11.9 Å². The molecule has 8 nitrogen and oxygen atoms in total. The van der Waals surface area contributed by atoms with Gasteiger partial charge >= 0.3 is 5.97 Å². The molecule has 2 aromatic heterocycles. The number of rotatable bonds is 8. The number of ether oxygens (including phenoxy) is 1. The predicted molar refractivity (Wildman–Crippen MR) is 129 cm³/mol. The molecular formula is C26H26N4O4. The fourth-order valence-electron chi connectivity index (χ4n) is 4.16. The molecule has 0 saturated carbocycles. The first-order valence-corrected chi connectivity index (χ1v) is 10.8. The van der Waals surface area contributed by atoms with Crippen LogP contribution in [0.5, 0.6) is 5.75 Å². The number of carboxylic acid groups (broad SMARTS) is 1. The Labute approximate surface area is 197 Å². The molecule has 2 aromatic carbocycles. The lowest BCUT2D eigenvalue weighted by Crippen LogP contribution is -2.12. The molecule has 4 aromatic rings. The van der Waals surface area contributed by atoms with Crippen LogP contribution in [0.25, 0.3) is 22.6 Å². The number of nitrogens with zero attached hydrogens (tertiary/aromatic N) is 3. The van der Waals surface area contributed by atoms with Crippen LogP contribution in [0.2, 0.25) is 0 Å². The average Bonchev–Trinajstić information content (AvgIpc) is 3.43. The van der Waals surface area contributed by atoms with Gasteiger partial charge in [0.2, 0.25) is 5.91 Å². The summed E-state index contributed by atoms with van der Waals surface area (Å²) in [5, 5.41) is 9.25. The van der Waals surface area contributed by atoms with Crippen molar-refractivity contribution >= 4 is 11.9 Å². The van der Waals surface area contributed by atoms with Crippen molar-refractivity contribution < 1.29 is 19.4 Å². The van der Waals surface area contributed by atoms with Crippen LogP contribution in [-0.2, 0) is 11.2 Å². The maximum absolute atomic E-state index is 11.6. The number of methoxy groups -OCH3 is 1. The summed E-state index contributed by atoms with van der Waals surface area (Å²) in [6.45, 7) is 3.83. The number of carboxylic acids is 1. The van der Waals surface area contributed by atoms with E-state index in [1.807, 2.05) is 65.6 Å². The molecule has 0 aliphatic rings. The van der Waals surface area contributed by atoms with Crippen LogP contribution in [0.4, 0.5) is 0 Å². The molecule has 0 radical (unpaired) electrons. The fourth-order valence-corrected chi connectivity index (χ4v) is 4.16. The highest BCUT2D eigenvalue weighted by atomic mass is 16.5. The molecule has 2 heterocycles. The Morgan fingerprint density at radius 2 is 1.88 bits per heavy atom. The molecule has 0 spiro atoms. The van der Waals surface area contributed by atoms with Gasteiger partial charge in [-0.05, 0) is 68.3 Å². The summed E-state index contributed by atoms with van der Waals surface area (Å²) in [5.74, 6) is 0.161. The van der Waals surface area contributed by atoms with Gasteiger partial charge < -0.3 is 24.7 Å². The molecule has 0 saturated heterocycles. The molecule has 0 bridgehead atoms. The molecule has 174 valence electrons. The molecule has 0 aliphatic carbocycles. The van der Waals surface area contributed by atoms with Gasteiger partial charge in [0.1, 0.15) is 11.6 Å². The third kappa shape index (κ3) is 4.30. The lowest BCUT2D eigenvalue weighted by molar-refractivity contribution is -0.136. The number of aromatic nitrogens is 3. The normalized spacial score (nSPS) is 10.9. The Kier molecular flexibility index (Phi) is 6.23. The number of hydrogen-bond donors (Lipinski definition) is 2. The Morgan fingerprint density at radius 1 is 1.09 bits per heavy atom. The van der Waals surface area contributed by atoms with E-state index in [4.69, 9.17) is 10.5 Å². The standard InChI is InChI=1S/C26H26N4O4/c1-16-14-18(26(27)33)4-9-22(16)30-19(7-11-25(31)32)6-10-23(30)21-8-5-20(15-24(21)34-3)29-13-12-28-17(29)2/h4-6,8-10,12-15H,7,11H2,1-3H3,(H2,27,33)(H,31,32). The number of carbonyl (C=O) groups excluding carboxylic acids is 1. The molecule has 0 aliphatic heterocycles. The van der Waals surface area contributed by atoms with Crippen LogP contribution in [0, 0.1) is 13.8 Å². The zero-order valence-corrected chi connectivity index (χ0v) is 19.3. The first-order valence-electron chi connectivity index (χ1n) is 10.8. The van der Waals surface area contributed by atoms with Gasteiger partial charge in [-0.1, -0.05) is 0 Å². The van der Waals surface area contributed by atoms with Crippen LogP contribution in [-0.4, -0.2) is 38.2 Å². The fraction of sp³-hybridized carbons (Fsp3) is 0.192. The third-order valence-electron chi connectivity index (χ3n) is 5.84. The maximum atomic E-state index is 11.6. The molecular weight excluding hydrogens is 432 g/mol. The van der Waals surface area contributed by atoms with Crippen LogP contribution < -0.4 is 10.5 Å². The van der Waals surface area contributed by atoms with Crippen molar-refractivity contribution in [2.75, 3.05) is 7.11 Å². The monoisotopic (exact) mass is 458 g/mol. The number of benzene rings is 2. The van der Waals surface area contributed by atoms with Crippen molar-refractivity contribution in [1.29, 1.82) is 0 Å². The Bertz CT molecular complexity index is 1380. The number of primary amides is 1. The van der Waals surface area contributed by atoms with Gasteiger partial charge in [0.15, 0.2) is 0 Å². The van der Waals surface area contributed by atoms with Crippen molar-refractivity contribution in [3.8, 4) is 28.4 Å². The lowest BCUT2D eigenvalue weighted by atomic mass is 10.1. The second kappa shape index (κ2) is 9.27. The summed E-state index contributed by atoms with van der Waals surface area (Å²) in [7, 11) is 1.62. The van der Waals surface area contributed by atoms with E-state index >= 15 is 0 Å². The van der Waals surface area contributed by atoms with E-state index in [-0.39, 0.29) is 6.42 Å². The van der Waals surface area contributed by atoms with Gasteiger partial charge in [0, 0.05) is 41.0 Å². The minimum atomic E-state index is -0.868. The van der Waals surface area contributed by atoms with Crippen molar-refractivity contribution in [3.63, 3.8) is 0 Å². The average molecular weight is 459 g/mol. The molecule has 0 atom stereocenters. The minimum Gasteiger partial charge on any atom is -0.496 e. The molecule has 3 N–H and O–H groups in total. The number of nitrogens with two attached hydrogens (primary N) is 1. The first kappa shape index (κ1) is 22.8. The third-order valence-corrected chi connectivity index (χ3v) is 5.84. The van der Waals surface area contributed by atoms with Crippen LogP contribution in [0.15, 0.2) is 60.9 Å². The number of imidazole rings is 1. The molecule has 1 amide bonds. The summed E-state index contributed by atoms with van der Waals surface area (Å²) in [6, 6.07) is 15.0. The quantitative estimate of drug-likeness (QED) is 0.413. The molecule has 8 heteroatoms. The minimum absolute atomic E-state index is 0.00213. The molecule has 34 heavy (non-hydrogen) atoms. The SMILES string of the molecule is COc1cc(-n2ccnc2C)ccc1-c1ccc(CCC(=O)O)n1-c1ccc(C(N)=O)cc1C. The smallest absolute Gasteiger partial charge is 0.303 e. The number of aryl methyl sites for hydroxylation is 3. The summed E-state index contributed by atoms with van der Waals surface area (Å²) in [6.07, 6.45) is 3.98. The maximum Gasteiger partial charge on any atom is 0.303 e.